The summed E-state index contributed by atoms with van der Waals surface area (Å²) in [5.41, 5.74) is 4.29. The van der Waals surface area contributed by atoms with Gasteiger partial charge in [0, 0.05) is 44.0 Å². The third-order valence-corrected chi connectivity index (χ3v) is 6.61. The number of halogens is 1. The lowest BCUT2D eigenvalue weighted by atomic mass is 10.0. The molecule has 5 rings (SSSR count). The summed E-state index contributed by atoms with van der Waals surface area (Å²) in [7, 11) is 0. The van der Waals surface area contributed by atoms with Gasteiger partial charge < -0.3 is 9.80 Å². The van der Waals surface area contributed by atoms with E-state index in [1.165, 1.54) is 0 Å². The zero-order valence-electron chi connectivity index (χ0n) is 19.6. The molecule has 1 aromatic carbocycles. The van der Waals surface area contributed by atoms with Gasteiger partial charge in [0.1, 0.15) is 5.82 Å². The summed E-state index contributed by atoms with van der Waals surface area (Å²) < 4.78 is 1.88. The number of pyridine rings is 2. The number of amides is 1. The molecule has 174 valence electrons. The molecule has 4 aromatic rings. The number of carbonyl (C=O) groups is 1. The fourth-order valence-corrected chi connectivity index (χ4v) is 4.71. The zero-order valence-corrected chi connectivity index (χ0v) is 20.3. The van der Waals surface area contributed by atoms with Crippen LogP contribution >= 0.6 is 11.6 Å². The van der Waals surface area contributed by atoms with Gasteiger partial charge in [-0.15, -0.1) is 0 Å². The molecule has 8 heteroatoms. The van der Waals surface area contributed by atoms with Gasteiger partial charge in [-0.2, -0.15) is 5.10 Å². The van der Waals surface area contributed by atoms with E-state index in [2.05, 4.69) is 41.8 Å². The predicted molar refractivity (Wildman–Crippen MR) is 135 cm³/mol. The Morgan fingerprint density at radius 3 is 2.53 bits per heavy atom. The van der Waals surface area contributed by atoms with Crippen molar-refractivity contribution in [1.29, 1.82) is 0 Å². The highest BCUT2D eigenvalue weighted by Crippen LogP contribution is 2.30. The fourth-order valence-electron chi connectivity index (χ4n) is 4.47. The van der Waals surface area contributed by atoms with E-state index in [0.717, 1.165) is 33.7 Å². The molecule has 0 aliphatic carbocycles. The molecule has 1 saturated heterocycles. The lowest BCUT2D eigenvalue weighted by molar-refractivity contribution is 0.0748. The second-order valence-electron chi connectivity index (χ2n) is 8.88. The standard InChI is InChI=1S/C26H27ClN6O/c1-17(2)33-24-21(16-29-33)20(15-23(30-24)19-8-5-4-7-18(19)3)26(34)32-13-11-31(12-14-32)25-22(27)9-6-10-28-25/h4-10,15-17H,11-14H2,1-3H3. The smallest absolute Gasteiger partial charge is 0.254 e. The molecule has 0 atom stereocenters. The summed E-state index contributed by atoms with van der Waals surface area (Å²) in [6.45, 7) is 8.72. The van der Waals surface area contributed by atoms with Gasteiger partial charge in [0.15, 0.2) is 5.65 Å². The first kappa shape index (κ1) is 22.3. The van der Waals surface area contributed by atoms with Crippen LogP contribution in [0.25, 0.3) is 22.3 Å². The summed E-state index contributed by atoms with van der Waals surface area (Å²) >= 11 is 6.33. The van der Waals surface area contributed by atoms with Gasteiger partial charge >= 0.3 is 0 Å². The maximum Gasteiger partial charge on any atom is 0.254 e. The summed E-state index contributed by atoms with van der Waals surface area (Å²) in [5.74, 6) is 0.764. The number of hydrogen-bond acceptors (Lipinski definition) is 5. The number of piperazine rings is 1. The van der Waals surface area contributed by atoms with Gasteiger partial charge in [-0.25, -0.2) is 14.6 Å². The number of benzene rings is 1. The van der Waals surface area contributed by atoms with E-state index in [1.54, 1.807) is 12.4 Å². The predicted octanol–water partition coefficient (Wildman–Crippen LogP) is 5.00. The van der Waals surface area contributed by atoms with Crippen molar-refractivity contribution in [1.82, 2.24) is 24.6 Å². The molecular weight excluding hydrogens is 448 g/mol. The van der Waals surface area contributed by atoms with Crippen LogP contribution < -0.4 is 4.90 Å². The molecule has 1 fully saturated rings. The van der Waals surface area contributed by atoms with E-state index in [1.807, 2.05) is 46.0 Å². The molecule has 0 spiro atoms. The topological polar surface area (TPSA) is 67.2 Å². The number of nitrogens with zero attached hydrogens (tertiary/aromatic N) is 6. The Bertz CT molecular complexity index is 1360. The maximum absolute atomic E-state index is 13.8. The van der Waals surface area contributed by atoms with Crippen molar-refractivity contribution >= 4 is 34.4 Å². The van der Waals surface area contributed by atoms with E-state index < -0.39 is 0 Å². The molecule has 0 saturated carbocycles. The molecule has 1 amide bonds. The van der Waals surface area contributed by atoms with Gasteiger partial charge in [-0.1, -0.05) is 35.9 Å². The second kappa shape index (κ2) is 9.06. The summed E-state index contributed by atoms with van der Waals surface area (Å²) in [4.78, 5) is 27.2. The van der Waals surface area contributed by atoms with Crippen LogP contribution in [0.1, 0.15) is 35.8 Å². The third-order valence-electron chi connectivity index (χ3n) is 6.31. The fraction of sp³-hybridized carbons (Fsp3) is 0.308. The zero-order chi connectivity index (χ0) is 23.8. The minimum atomic E-state index is -0.00249. The van der Waals surface area contributed by atoms with Crippen LogP contribution in [0, 0.1) is 6.92 Å². The molecule has 3 aromatic heterocycles. The van der Waals surface area contributed by atoms with Crippen LogP contribution in [-0.4, -0.2) is 56.7 Å². The van der Waals surface area contributed by atoms with Gasteiger partial charge in [0.2, 0.25) is 0 Å². The molecule has 0 radical (unpaired) electrons. The van der Waals surface area contributed by atoms with Gasteiger partial charge in [-0.3, -0.25) is 4.79 Å². The second-order valence-corrected chi connectivity index (χ2v) is 9.29. The normalized spacial score (nSPS) is 14.3. The average molecular weight is 475 g/mol. The monoisotopic (exact) mass is 474 g/mol. The number of aromatic nitrogens is 4. The minimum Gasteiger partial charge on any atom is -0.352 e. The maximum atomic E-state index is 13.8. The van der Waals surface area contributed by atoms with Crippen LogP contribution in [0.15, 0.2) is 54.9 Å². The first-order valence-electron chi connectivity index (χ1n) is 11.5. The molecule has 1 aliphatic heterocycles. The summed E-state index contributed by atoms with van der Waals surface area (Å²) in [6.07, 6.45) is 3.51. The number of rotatable bonds is 4. The Kier molecular flexibility index (Phi) is 5.96. The lowest BCUT2D eigenvalue weighted by Crippen LogP contribution is -2.49. The Hall–Kier alpha value is -3.45. The Balaban J connectivity index is 1.50. The molecule has 4 heterocycles. The van der Waals surface area contributed by atoms with Crippen molar-refractivity contribution in [2.24, 2.45) is 0 Å². The number of anilines is 1. The average Bonchev–Trinajstić information content (AvgIpc) is 3.28. The first-order valence-corrected chi connectivity index (χ1v) is 11.9. The van der Waals surface area contributed by atoms with E-state index >= 15 is 0 Å². The van der Waals surface area contributed by atoms with E-state index in [9.17, 15) is 4.79 Å². The van der Waals surface area contributed by atoms with Gasteiger partial charge in [0.25, 0.3) is 5.91 Å². The Morgan fingerprint density at radius 1 is 1.06 bits per heavy atom. The van der Waals surface area contributed by atoms with E-state index in [4.69, 9.17) is 16.6 Å². The number of carbonyl (C=O) groups excluding carboxylic acids is 1. The van der Waals surface area contributed by atoms with Crippen LogP contribution in [0.5, 0.6) is 0 Å². The largest absolute Gasteiger partial charge is 0.352 e. The summed E-state index contributed by atoms with van der Waals surface area (Å²) in [5, 5.41) is 5.96. The van der Waals surface area contributed by atoms with Crippen molar-refractivity contribution in [3.63, 3.8) is 0 Å². The van der Waals surface area contributed by atoms with Crippen LogP contribution in [-0.2, 0) is 0 Å². The van der Waals surface area contributed by atoms with Crippen LogP contribution in [0.2, 0.25) is 5.02 Å². The van der Waals surface area contributed by atoms with Crippen LogP contribution in [0.3, 0.4) is 0 Å². The van der Waals surface area contributed by atoms with E-state index in [-0.39, 0.29) is 11.9 Å². The van der Waals surface area contributed by atoms with Crippen molar-refractivity contribution in [3.05, 3.63) is 71.0 Å². The van der Waals surface area contributed by atoms with Crippen molar-refractivity contribution < 1.29 is 4.79 Å². The highest BCUT2D eigenvalue weighted by molar-refractivity contribution is 6.32. The van der Waals surface area contributed by atoms with E-state index in [0.29, 0.717) is 36.8 Å². The SMILES string of the molecule is Cc1ccccc1-c1cc(C(=O)N2CCN(c3ncccc3Cl)CC2)c2cnn(C(C)C)c2n1. The van der Waals surface area contributed by atoms with Crippen molar-refractivity contribution in [2.45, 2.75) is 26.8 Å². The molecule has 0 N–H and O–H groups in total. The first-order chi connectivity index (χ1) is 16.4. The van der Waals surface area contributed by atoms with Crippen molar-refractivity contribution in [3.8, 4) is 11.3 Å². The number of fused-ring (bicyclic) bond motifs is 1. The third kappa shape index (κ3) is 4.01. The molecule has 34 heavy (non-hydrogen) atoms. The molecule has 7 nitrogen and oxygen atoms in total. The number of hydrogen-bond donors (Lipinski definition) is 0. The van der Waals surface area contributed by atoms with Gasteiger partial charge in [-0.05, 0) is 44.5 Å². The highest BCUT2D eigenvalue weighted by atomic mass is 35.5. The van der Waals surface area contributed by atoms with Crippen molar-refractivity contribution in [2.75, 3.05) is 31.1 Å². The highest BCUT2D eigenvalue weighted by Gasteiger charge is 2.27. The Labute approximate surface area is 204 Å². The minimum absolute atomic E-state index is 0.00249. The summed E-state index contributed by atoms with van der Waals surface area (Å²) in [6, 6.07) is 13.8. The quantitative estimate of drug-likeness (QED) is 0.416. The molecular formula is C26H27ClN6O. The molecule has 0 bridgehead atoms. The molecule has 1 aliphatic rings. The van der Waals surface area contributed by atoms with Gasteiger partial charge in [0.05, 0.1) is 27.9 Å². The Morgan fingerprint density at radius 2 is 1.82 bits per heavy atom. The molecule has 0 unspecified atom stereocenters. The van der Waals surface area contributed by atoms with Crippen LogP contribution in [0.4, 0.5) is 5.82 Å². The number of aryl methyl sites for hydroxylation is 1. The lowest BCUT2D eigenvalue weighted by Gasteiger charge is -2.35.